The standard InChI is InChI=1S/C22H27Cl2N3O3S/c1-3-14-31(29,30)27-12-9-22(10-13-27,20-6-4-5-11-25-20)16(2)26-21(28)18-8-7-17(23)15-19(18)24/h4-8,11,15-16H,3,9-10,12-14H2,1-2H3,(H,26,28)/t16-/m1/s1. The van der Waals surface area contributed by atoms with E-state index >= 15 is 0 Å². The van der Waals surface area contributed by atoms with Gasteiger partial charge in [0.25, 0.3) is 5.91 Å². The number of carbonyl (C=O) groups excluding carboxylic acids is 1. The average Bonchev–Trinajstić information content (AvgIpc) is 2.74. The molecule has 1 aromatic carbocycles. The van der Waals surface area contributed by atoms with Crippen LogP contribution in [-0.4, -0.2) is 48.5 Å². The lowest BCUT2D eigenvalue weighted by molar-refractivity contribution is 0.0893. The number of hydrogen-bond donors (Lipinski definition) is 1. The largest absolute Gasteiger partial charge is 0.349 e. The predicted molar refractivity (Wildman–Crippen MR) is 124 cm³/mol. The normalized spacial score (nSPS) is 17.8. The van der Waals surface area contributed by atoms with Crippen molar-refractivity contribution in [2.24, 2.45) is 0 Å². The topological polar surface area (TPSA) is 79.4 Å². The second-order valence-corrected chi connectivity index (χ2v) is 10.8. The van der Waals surface area contributed by atoms with Crippen molar-refractivity contribution in [3.05, 3.63) is 63.9 Å². The van der Waals surface area contributed by atoms with E-state index in [0.717, 1.165) is 5.69 Å². The van der Waals surface area contributed by atoms with E-state index in [9.17, 15) is 13.2 Å². The minimum absolute atomic E-state index is 0.144. The van der Waals surface area contributed by atoms with Crippen molar-refractivity contribution in [1.29, 1.82) is 0 Å². The third-order valence-electron chi connectivity index (χ3n) is 6.00. The van der Waals surface area contributed by atoms with Gasteiger partial charge in [-0.1, -0.05) is 36.2 Å². The maximum Gasteiger partial charge on any atom is 0.253 e. The summed E-state index contributed by atoms with van der Waals surface area (Å²) in [7, 11) is -3.27. The smallest absolute Gasteiger partial charge is 0.253 e. The van der Waals surface area contributed by atoms with Crippen molar-refractivity contribution < 1.29 is 13.2 Å². The molecule has 31 heavy (non-hydrogen) atoms. The van der Waals surface area contributed by atoms with Gasteiger partial charge in [-0.15, -0.1) is 0 Å². The first kappa shape index (κ1) is 24.0. The molecule has 1 amide bonds. The van der Waals surface area contributed by atoms with Crippen LogP contribution in [-0.2, 0) is 15.4 Å². The average molecular weight is 484 g/mol. The van der Waals surface area contributed by atoms with Gasteiger partial charge in [0.1, 0.15) is 0 Å². The summed E-state index contributed by atoms with van der Waals surface area (Å²) in [6.45, 7) is 4.58. The van der Waals surface area contributed by atoms with E-state index in [4.69, 9.17) is 23.2 Å². The fraction of sp³-hybridized carbons (Fsp3) is 0.455. The van der Waals surface area contributed by atoms with Gasteiger partial charge < -0.3 is 5.32 Å². The van der Waals surface area contributed by atoms with Gasteiger partial charge in [-0.2, -0.15) is 0 Å². The number of nitrogens with zero attached hydrogens (tertiary/aromatic N) is 2. The van der Waals surface area contributed by atoms with Crippen molar-refractivity contribution in [2.45, 2.75) is 44.6 Å². The molecule has 1 atom stereocenters. The van der Waals surface area contributed by atoms with E-state index in [1.54, 1.807) is 22.6 Å². The summed E-state index contributed by atoms with van der Waals surface area (Å²) in [5.41, 5.74) is 0.697. The van der Waals surface area contributed by atoms with Crippen molar-refractivity contribution in [2.75, 3.05) is 18.8 Å². The van der Waals surface area contributed by atoms with E-state index in [2.05, 4.69) is 10.3 Å². The van der Waals surface area contributed by atoms with Crippen molar-refractivity contribution >= 4 is 39.1 Å². The molecule has 1 saturated heterocycles. The molecule has 2 heterocycles. The molecule has 2 aromatic rings. The van der Waals surface area contributed by atoms with Gasteiger partial charge in [-0.25, -0.2) is 12.7 Å². The minimum atomic E-state index is -3.27. The molecule has 0 radical (unpaired) electrons. The van der Waals surface area contributed by atoms with Crippen LogP contribution in [0.2, 0.25) is 10.0 Å². The van der Waals surface area contributed by atoms with Crippen LogP contribution in [0.15, 0.2) is 42.6 Å². The molecule has 1 aromatic heterocycles. The molecular weight excluding hydrogens is 457 g/mol. The number of nitrogens with one attached hydrogen (secondary N) is 1. The van der Waals surface area contributed by atoms with E-state index in [0.29, 0.717) is 42.9 Å². The van der Waals surface area contributed by atoms with E-state index < -0.39 is 15.4 Å². The molecule has 0 aliphatic carbocycles. The fourth-order valence-corrected chi connectivity index (χ4v) is 6.21. The second-order valence-electron chi connectivity index (χ2n) is 7.91. The van der Waals surface area contributed by atoms with Crippen LogP contribution in [0.4, 0.5) is 0 Å². The van der Waals surface area contributed by atoms with Crippen LogP contribution in [0.5, 0.6) is 0 Å². The SMILES string of the molecule is CCCS(=O)(=O)N1CCC(c2ccccn2)([C@@H](C)NC(=O)c2ccc(Cl)cc2Cl)CC1. The zero-order valence-electron chi connectivity index (χ0n) is 17.6. The number of carbonyl (C=O) groups is 1. The molecule has 1 N–H and O–H groups in total. The Kier molecular flexibility index (Phi) is 7.63. The third kappa shape index (κ3) is 5.22. The Labute approximate surface area is 194 Å². The Balaban J connectivity index is 1.86. The van der Waals surface area contributed by atoms with Crippen LogP contribution >= 0.6 is 23.2 Å². The molecular formula is C22H27Cl2N3O3S. The van der Waals surface area contributed by atoms with Gasteiger partial charge in [-0.3, -0.25) is 9.78 Å². The summed E-state index contributed by atoms with van der Waals surface area (Å²) in [5, 5.41) is 3.81. The Morgan fingerprint density at radius 2 is 1.94 bits per heavy atom. The fourth-order valence-electron chi connectivity index (χ4n) is 4.20. The zero-order valence-corrected chi connectivity index (χ0v) is 20.0. The Morgan fingerprint density at radius 1 is 1.23 bits per heavy atom. The number of piperidine rings is 1. The van der Waals surface area contributed by atoms with Gasteiger partial charge in [-0.05, 0) is 56.5 Å². The van der Waals surface area contributed by atoms with Crippen LogP contribution in [0.25, 0.3) is 0 Å². The highest BCUT2D eigenvalue weighted by atomic mass is 35.5. The lowest BCUT2D eigenvalue weighted by atomic mass is 9.70. The number of benzene rings is 1. The molecule has 1 fully saturated rings. The van der Waals surface area contributed by atoms with E-state index in [1.807, 2.05) is 32.0 Å². The van der Waals surface area contributed by atoms with E-state index in [1.165, 1.54) is 6.07 Å². The zero-order chi connectivity index (χ0) is 22.6. The van der Waals surface area contributed by atoms with Crippen LogP contribution in [0.1, 0.15) is 49.2 Å². The molecule has 168 valence electrons. The summed E-state index contributed by atoms with van der Waals surface area (Å²) in [5.74, 6) is -0.157. The van der Waals surface area contributed by atoms with Crippen molar-refractivity contribution in [3.8, 4) is 0 Å². The third-order valence-corrected chi connectivity index (χ3v) is 8.62. The van der Waals surface area contributed by atoms with Gasteiger partial charge in [0, 0.05) is 41.5 Å². The molecule has 1 aliphatic rings. The van der Waals surface area contributed by atoms with Gasteiger partial charge in [0.05, 0.1) is 16.3 Å². The molecule has 0 spiro atoms. The number of hydrogen-bond acceptors (Lipinski definition) is 4. The maximum absolute atomic E-state index is 12.9. The van der Waals surface area contributed by atoms with Gasteiger partial charge in [0.15, 0.2) is 0 Å². The first-order valence-electron chi connectivity index (χ1n) is 10.3. The number of pyridine rings is 1. The number of aromatic nitrogens is 1. The quantitative estimate of drug-likeness (QED) is 0.636. The molecule has 0 saturated carbocycles. The number of halogens is 2. The summed E-state index contributed by atoms with van der Waals surface area (Å²) in [6, 6.07) is 10.2. The van der Waals surface area contributed by atoms with E-state index in [-0.39, 0.29) is 22.7 Å². The summed E-state index contributed by atoms with van der Waals surface area (Å²) >= 11 is 12.2. The summed E-state index contributed by atoms with van der Waals surface area (Å²) < 4.78 is 26.6. The molecule has 0 unspecified atom stereocenters. The molecule has 9 heteroatoms. The predicted octanol–water partition coefficient (Wildman–Crippen LogP) is 4.28. The lowest BCUT2D eigenvalue weighted by Gasteiger charge is -2.45. The highest BCUT2D eigenvalue weighted by Gasteiger charge is 2.44. The highest BCUT2D eigenvalue weighted by Crippen LogP contribution is 2.38. The van der Waals surface area contributed by atoms with Crippen LogP contribution in [0.3, 0.4) is 0 Å². The van der Waals surface area contributed by atoms with Crippen LogP contribution in [0, 0.1) is 0 Å². The first-order chi connectivity index (χ1) is 14.7. The Hall–Kier alpha value is -1.67. The summed E-state index contributed by atoms with van der Waals surface area (Å²) in [4.78, 5) is 17.5. The monoisotopic (exact) mass is 483 g/mol. The van der Waals surface area contributed by atoms with Crippen LogP contribution < -0.4 is 5.32 Å². The van der Waals surface area contributed by atoms with Crippen molar-refractivity contribution in [3.63, 3.8) is 0 Å². The maximum atomic E-state index is 12.9. The highest BCUT2D eigenvalue weighted by molar-refractivity contribution is 7.89. The molecule has 3 rings (SSSR count). The molecule has 6 nitrogen and oxygen atoms in total. The number of rotatable bonds is 7. The second kappa shape index (κ2) is 9.86. The van der Waals surface area contributed by atoms with Gasteiger partial charge in [0.2, 0.25) is 10.0 Å². The van der Waals surface area contributed by atoms with Gasteiger partial charge >= 0.3 is 0 Å². The summed E-state index contributed by atoms with van der Waals surface area (Å²) in [6.07, 6.45) is 3.42. The molecule has 1 aliphatic heterocycles. The Morgan fingerprint density at radius 3 is 2.52 bits per heavy atom. The minimum Gasteiger partial charge on any atom is -0.349 e. The Bertz CT molecular complexity index is 1020. The number of amides is 1. The molecule has 0 bridgehead atoms. The van der Waals surface area contributed by atoms with Crippen molar-refractivity contribution in [1.82, 2.24) is 14.6 Å². The number of sulfonamides is 1. The first-order valence-corrected chi connectivity index (χ1v) is 12.7. The lowest BCUT2D eigenvalue weighted by Crippen LogP contribution is -2.55.